The molecule has 0 atom stereocenters. The summed E-state index contributed by atoms with van der Waals surface area (Å²) in [5, 5.41) is 28.0. The third kappa shape index (κ3) is 3.93. The van der Waals surface area contributed by atoms with Crippen molar-refractivity contribution in [3.05, 3.63) is 60.0 Å². The summed E-state index contributed by atoms with van der Waals surface area (Å²) in [5.74, 6) is -1.53. The molecule has 0 unspecified atom stereocenters. The Morgan fingerprint density at radius 1 is 1.06 bits per heavy atom. The average Bonchev–Trinajstić information content (AvgIpc) is 2.29. The molecule has 0 aromatic heterocycles. The van der Waals surface area contributed by atoms with E-state index in [0.29, 0.717) is 0 Å². The Kier molecular flexibility index (Phi) is 4.75. The van der Waals surface area contributed by atoms with Gasteiger partial charge in [0.2, 0.25) is 0 Å². The molecule has 1 rings (SSSR count). The number of rotatable bonds is 0. The minimum Gasteiger partial charge on any atom is -0.504 e. The van der Waals surface area contributed by atoms with Crippen LogP contribution in [0.15, 0.2) is 60.0 Å². The predicted octanol–water partition coefficient (Wildman–Crippen LogP) is 2.34. The molecule has 5 nitrogen and oxygen atoms in total. The summed E-state index contributed by atoms with van der Waals surface area (Å²) >= 11 is 0. The van der Waals surface area contributed by atoms with Gasteiger partial charge in [0.05, 0.1) is 0 Å². The Hall–Kier alpha value is -2.14. The zero-order valence-electron chi connectivity index (χ0n) is 8.41. The summed E-state index contributed by atoms with van der Waals surface area (Å²) in [6.07, 6.45) is 9.58. The Morgan fingerprint density at radius 2 is 1.88 bits per heavy atom. The van der Waals surface area contributed by atoms with Crippen molar-refractivity contribution in [2.45, 2.75) is 0 Å². The number of allylic oxidation sites excluding steroid dienone is 5. The molecule has 0 saturated heterocycles. The van der Waals surface area contributed by atoms with Gasteiger partial charge in [0.15, 0.2) is 17.3 Å². The zero-order chi connectivity index (χ0) is 11.8. The third-order valence-electron chi connectivity index (χ3n) is 1.61. The van der Waals surface area contributed by atoms with Crippen LogP contribution in [0.2, 0.25) is 0 Å². The van der Waals surface area contributed by atoms with E-state index in [-0.39, 0.29) is 6.61 Å². The van der Waals surface area contributed by atoms with Crippen LogP contribution in [0.3, 0.4) is 0 Å². The molecule has 0 saturated carbocycles. The molecule has 0 fully saturated rings. The molecule has 0 aliphatic carbocycles. The van der Waals surface area contributed by atoms with E-state index < -0.39 is 17.3 Å². The Morgan fingerprint density at radius 3 is 2.69 bits per heavy atom. The van der Waals surface area contributed by atoms with Gasteiger partial charge in [-0.05, 0) is 18.2 Å². The first-order chi connectivity index (χ1) is 7.72. The highest BCUT2D eigenvalue weighted by Gasteiger charge is 2.04. The van der Waals surface area contributed by atoms with Gasteiger partial charge in [0.25, 0.3) is 0 Å². The number of aliphatic hydroxyl groups excluding tert-OH is 3. The van der Waals surface area contributed by atoms with E-state index in [2.05, 4.69) is 9.78 Å². The van der Waals surface area contributed by atoms with Gasteiger partial charge in [0, 0.05) is 0 Å². The van der Waals surface area contributed by atoms with Gasteiger partial charge in [-0.15, -0.1) is 0 Å². The lowest BCUT2D eigenvalue weighted by Crippen LogP contribution is -1.92. The van der Waals surface area contributed by atoms with Gasteiger partial charge in [-0.1, -0.05) is 18.2 Å². The van der Waals surface area contributed by atoms with Gasteiger partial charge >= 0.3 is 0 Å². The first-order valence-electron chi connectivity index (χ1n) is 4.51. The van der Waals surface area contributed by atoms with Crippen LogP contribution in [0.1, 0.15) is 0 Å². The number of hydrogen-bond acceptors (Lipinski definition) is 5. The fraction of sp³-hybridized carbons (Fsp3) is 0.0909. The SMILES string of the molecule is OC1=C/C=C/OOC/C=C/C=C\C(O)=C\1O. The molecule has 0 aromatic rings. The van der Waals surface area contributed by atoms with Crippen molar-refractivity contribution in [2.75, 3.05) is 6.61 Å². The molecule has 86 valence electrons. The minimum absolute atomic E-state index is 0.237. The van der Waals surface area contributed by atoms with Crippen LogP contribution in [0, 0.1) is 0 Å². The molecule has 1 heterocycles. The van der Waals surface area contributed by atoms with Crippen molar-refractivity contribution < 1.29 is 25.1 Å². The molecular formula is C11H12O5. The van der Waals surface area contributed by atoms with Crippen molar-refractivity contribution in [2.24, 2.45) is 0 Å². The summed E-state index contributed by atoms with van der Waals surface area (Å²) < 4.78 is 0. The largest absolute Gasteiger partial charge is 0.504 e. The molecule has 0 spiro atoms. The number of hydrogen-bond donors (Lipinski definition) is 3. The molecule has 0 amide bonds. The highest BCUT2D eigenvalue weighted by atomic mass is 17.2. The first kappa shape index (κ1) is 11.9. The summed E-state index contributed by atoms with van der Waals surface area (Å²) in [4.78, 5) is 9.26. The highest BCUT2D eigenvalue weighted by molar-refractivity contribution is 5.30. The Balaban J connectivity index is 2.94. The van der Waals surface area contributed by atoms with Gasteiger partial charge in [-0.25, -0.2) is 0 Å². The van der Waals surface area contributed by atoms with Crippen LogP contribution in [0.25, 0.3) is 0 Å². The maximum absolute atomic E-state index is 9.33. The molecule has 0 aromatic carbocycles. The van der Waals surface area contributed by atoms with E-state index in [1.165, 1.54) is 24.5 Å². The van der Waals surface area contributed by atoms with Crippen LogP contribution in [0.5, 0.6) is 0 Å². The minimum atomic E-state index is -0.616. The summed E-state index contributed by atoms with van der Waals surface area (Å²) in [7, 11) is 0. The van der Waals surface area contributed by atoms with Crippen molar-refractivity contribution >= 4 is 0 Å². The molecule has 0 bridgehead atoms. The summed E-state index contributed by atoms with van der Waals surface area (Å²) in [6.45, 7) is 0.237. The topological polar surface area (TPSA) is 79.2 Å². The molecule has 1 aliphatic heterocycles. The second-order valence-corrected chi connectivity index (χ2v) is 2.78. The Bertz CT molecular complexity index is 374. The van der Waals surface area contributed by atoms with E-state index in [4.69, 9.17) is 0 Å². The van der Waals surface area contributed by atoms with E-state index in [9.17, 15) is 15.3 Å². The van der Waals surface area contributed by atoms with E-state index in [1.807, 2.05) is 0 Å². The van der Waals surface area contributed by atoms with Crippen LogP contribution in [-0.4, -0.2) is 21.9 Å². The highest BCUT2D eigenvalue weighted by Crippen LogP contribution is 2.09. The molecule has 1 aliphatic rings. The predicted molar refractivity (Wildman–Crippen MR) is 57.5 cm³/mol. The average molecular weight is 224 g/mol. The van der Waals surface area contributed by atoms with E-state index >= 15 is 0 Å². The van der Waals surface area contributed by atoms with Gasteiger partial charge in [0.1, 0.15) is 12.9 Å². The summed E-state index contributed by atoms with van der Waals surface area (Å²) in [6, 6.07) is 0. The molecular weight excluding hydrogens is 212 g/mol. The maximum Gasteiger partial charge on any atom is 0.200 e. The van der Waals surface area contributed by atoms with Crippen molar-refractivity contribution in [1.82, 2.24) is 0 Å². The van der Waals surface area contributed by atoms with Crippen LogP contribution in [0.4, 0.5) is 0 Å². The van der Waals surface area contributed by atoms with Crippen LogP contribution < -0.4 is 0 Å². The quantitative estimate of drug-likeness (QED) is 0.550. The fourth-order valence-corrected chi connectivity index (χ4v) is 0.850. The smallest absolute Gasteiger partial charge is 0.200 e. The molecule has 16 heavy (non-hydrogen) atoms. The Labute approximate surface area is 92.5 Å². The first-order valence-corrected chi connectivity index (χ1v) is 4.51. The van der Waals surface area contributed by atoms with Crippen molar-refractivity contribution in [3.63, 3.8) is 0 Å². The number of aliphatic hydroxyl groups is 3. The monoisotopic (exact) mass is 224 g/mol. The maximum atomic E-state index is 9.33. The lowest BCUT2D eigenvalue weighted by Gasteiger charge is -1.98. The van der Waals surface area contributed by atoms with Gasteiger partial charge < -0.3 is 20.2 Å². The lowest BCUT2D eigenvalue weighted by molar-refractivity contribution is -0.238. The van der Waals surface area contributed by atoms with Crippen molar-refractivity contribution in [3.8, 4) is 0 Å². The van der Waals surface area contributed by atoms with Crippen LogP contribution >= 0.6 is 0 Å². The van der Waals surface area contributed by atoms with Gasteiger partial charge in [-0.2, -0.15) is 4.89 Å². The summed E-state index contributed by atoms with van der Waals surface area (Å²) in [5.41, 5.74) is 0. The van der Waals surface area contributed by atoms with E-state index in [1.54, 1.807) is 12.2 Å². The molecule has 0 radical (unpaired) electrons. The van der Waals surface area contributed by atoms with Crippen LogP contribution in [-0.2, 0) is 9.78 Å². The van der Waals surface area contributed by atoms with Gasteiger partial charge in [-0.3, -0.25) is 0 Å². The van der Waals surface area contributed by atoms with Crippen molar-refractivity contribution in [1.29, 1.82) is 0 Å². The second kappa shape index (κ2) is 6.36. The standard InChI is InChI=1S/C11H12O5/c12-9-5-2-1-3-7-15-16-8-4-6-10(13)11(9)14/h1-6,8,12-14H,7H2/b3-1+,5-2-,8-4+,10-6+,11-9+. The second-order valence-electron chi connectivity index (χ2n) is 2.78. The fourth-order valence-electron chi connectivity index (χ4n) is 0.850. The normalized spacial score (nSPS) is 31.9. The third-order valence-corrected chi connectivity index (χ3v) is 1.61. The van der Waals surface area contributed by atoms with E-state index in [0.717, 1.165) is 6.08 Å². The molecule has 5 heteroatoms. The zero-order valence-corrected chi connectivity index (χ0v) is 8.41. The molecule has 3 N–H and O–H groups in total. The lowest BCUT2D eigenvalue weighted by atomic mass is 10.3.